The molecular formula is C29H26ClN3O3. The lowest BCUT2D eigenvalue weighted by atomic mass is 9.76. The highest BCUT2D eigenvalue weighted by Crippen LogP contribution is 2.54. The summed E-state index contributed by atoms with van der Waals surface area (Å²) >= 11 is 6.36. The number of rotatable bonds is 5. The highest BCUT2D eigenvalue weighted by atomic mass is 35.5. The van der Waals surface area contributed by atoms with E-state index in [1.807, 2.05) is 73.7 Å². The second kappa shape index (κ2) is 8.57. The second-order valence-electron chi connectivity index (χ2n) is 9.86. The Morgan fingerprint density at radius 2 is 1.56 bits per heavy atom. The first-order valence-corrected chi connectivity index (χ1v) is 12.6. The van der Waals surface area contributed by atoms with E-state index in [0.29, 0.717) is 29.1 Å². The number of carbonyl (C=O) groups excluding carboxylic acids is 3. The lowest BCUT2D eigenvalue weighted by Crippen LogP contribution is -2.53. The number of likely N-dealkylation sites (tertiary alicyclic amines) is 1. The van der Waals surface area contributed by atoms with Crippen LogP contribution < -0.4 is 10.6 Å². The van der Waals surface area contributed by atoms with Gasteiger partial charge in [0.2, 0.25) is 17.7 Å². The SMILES string of the molecule is Cc1c(Cl)ccc2c1NC(=O)[C@@]21N[C@H](Cc2ccccc2)[C@H]2C(=O)N(CCc3ccccc3)C(=O)[C@H]21. The molecular weight excluding hydrogens is 474 g/mol. The van der Waals surface area contributed by atoms with Gasteiger partial charge in [-0.3, -0.25) is 24.6 Å². The lowest BCUT2D eigenvalue weighted by molar-refractivity contribution is -0.142. The van der Waals surface area contributed by atoms with Crippen LogP contribution in [-0.2, 0) is 32.8 Å². The van der Waals surface area contributed by atoms with Crippen molar-refractivity contribution in [3.63, 3.8) is 0 Å². The second-order valence-corrected chi connectivity index (χ2v) is 10.3. The molecule has 2 saturated heterocycles. The minimum absolute atomic E-state index is 0.210. The highest BCUT2D eigenvalue weighted by molar-refractivity contribution is 6.32. The summed E-state index contributed by atoms with van der Waals surface area (Å²) in [4.78, 5) is 42.8. The van der Waals surface area contributed by atoms with Crippen LogP contribution in [0.2, 0.25) is 5.02 Å². The number of nitrogens with one attached hydrogen (secondary N) is 2. The maximum absolute atomic E-state index is 13.9. The molecule has 182 valence electrons. The molecule has 1 spiro atoms. The zero-order valence-electron chi connectivity index (χ0n) is 19.8. The summed E-state index contributed by atoms with van der Waals surface area (Å²) in [7, 11) is 0. The van der Waals surface area contributed by atoms with Crippen LogP contribution >= 0.6 is 11.6 Å². The average molecular weight is 500 g/mol. The molecule has 2 N–H and O–H groups in total. The molecule has 0 bridgehead atoms. The summed E-state index contributed by atoms with van der Waals surface area (Å²) in [6.45, 7) is 2.14. The van der Waals surface area contributed by atoms with E-state index in [1.165, 1.54) is 4.90 Å². The van der Waals surface area contributed by atoms with Crippen LogP contribution in [0.5, 0.6) is 0 Å². The maximum Gasteiger partial charge on any atom is 0.250 e. The molecule has 3 aliphatic heterocycles. The third-order valence-electron chi connectivity index (χ3n) is 7.94. The van der Waals surface area contributed by atoms with E-state index < -0.39 is 17.4 Å². The number of benzene rings is 3. The van der Waals surface area contributed by atoms with Crippen LogP contribution in [0.25, 0.3) is 0 Å². The molecule has 7 heteroatoms. The van der Waals surface area contributed by atoms with Crippen LogP contribution in [0.1, 0.15) is 22.3 Å². The van der Waals surface area contributed by atoms with Crippen molar-refractivity contribution in [3.8, 4) is 0 Å². The monoisotopic (exact) mass is 499 g/mol. The number of fused-ring (bicyclic) bond motifs is 4. The number of hydrogen-bond donors (Lipinski definition) is 2. The molecule has 0 radical (unpaired) electrons. The van der Waals surface area contributed by atoms with Crippen molar-refractivity contribution in [2.45, 2.75) is 31.3 Å². The zero-order valence-corrected chi connectivity index (χ0v) is 20.6. The fourth-order valence-electron chi connectivity index (χ4n) is 6.20. The quantitative estimate of drug-likeness (QED) is 0.523. The fourth-order valence-corrected chi connectivity index (χ4v) is 6.36. The number of amides is 3. The average Bonchev–Trinajstić information content (AvgIpc) is 3.46. The first kappa shape index (κ1) is 23.0. The van der Waals surface area contributed by atoms with E-state index in [4.69, 9.17) is 11.6 Å². The summed E-state index contributed by atoms with van der Waals surface area (Å²) in [5.41, 5.74) is 2.84. The molecule has 6 rings (SSSR count). The van der Waals surface area contributed by atoms with Gasteiger partial charge in [0, 0.05) is 23.2 Å². The van der Waals surface area contributed by atoms with Crippen LogP contribution in [0.3, 0.4) is 0 Å². The fraction of sp³-hybridized carbons (Fsp3) is 0.276. The predicted octanol–water partition coefficient (Wildman–Crippen LogP) is 3.85. The topological polar surface area (TPSA) is 78.5 Å². The summed E-state index contributed by atoms with van der Waals surface area (Å²) in [5.74, 6) is -2.27. The smallest absolute Gasteiger partial charge is 0.250 e. The van der Waals surface area contributed by atoms with Gasteiger partial charge in [-0.25, -0.2) is 0 Å². The van der Waals surface area contributed by atoms with Gasteiger partial charge in [0.1, 0.15) is 5.54 Å². The highest BCUT2D eigenvalue weighted by Gasteiger charge is 2.70. The van der Waals surface area contributed by atoms with E-state index in [-0.39, 0.29) is 30.3 Å². The molecule has 0 aromatic heterocycles. The van der Waals surface area contributed by atoms with Gasteiger partial charge in [-0.1, -0.05) is 78.3 Å². The van der Waals surface area contributed by atoms with E-state index in [1.54, 1.807) is 6.07 Å². The Morgan fingerprint density at radius 3 is 2.25 bits per heavy atom. The van der Waals surface area contributed by atoms with Crippen LogP contribution in [0.4, 0.5) is 5.69 Å². The molecule has 3 aromatic rings. The maximum atomic E-state index is 13.9. The molecule has 0 aliphatic carbocycles. The van der Waals surface area contributed by atoms with E-state index in [0.717, 1.165) is 16.7 Å². The molecule has 3 heterocycles. The van der Waals surface area contributed by atoms with Gasteiger partial charge in [0.05, 0.1) is 17.5 Å². The summed E-state index contributed by atoms with van der Waals surface area (Å²) in [6, 6.07) is 22.8. The van der Waals surface area contributed by atoms with Crippen LogP contribution in [0.15, 0.2) is 72.8 Å². The van der Waals surface area contributed by atoms with Crippen LogP contribution in [0, 0.1) is 18.8 Å². The minimum Gasteiger partial charge on any atom is -0.324 e. The molecule has 2 fully saturated rings. The normalized spacial score (nSPS) is 26.4. The molecule has 4 atom stereocenters. The Labute approximate surface area is 214 Å². The standard InChI is InChI=1S/C29H26ClN3O3/c1-17-21(30)13-12-20-25(17)31-28(36)29(20)24-23(22(32-29)16-19-10-6-3-7-11-19)26(34)33(27(24)35)15-14-18-8-4-2-5-9-18/h2-13,22-24,32H,14-16H2,1H3,(H,31,36)/t22-,23-,24+,29-/m1/s1. The lowest BCUT2D eigenvalue weighted by Gasteiger charge is -2.29. The van der Waals surface area contributed by atoms with Crippen molar-refractivity contribution >= 4 is 35.0 Å². The number of nitrogens with zero attached hydrogens (tertiary/aromatic N) is 1. The van der Waals surface area contributed by atoms with Crippen molar-refractivity contribution in [2.75, 3.05) is 11.9 Å². The Hall–Kier alpha value is -3.48. The molecule has 0 unspecified atom stereocenters. The Bertz CT molecular complexity index is 1380. The van der Waals surface area contributed by atoms with Gasteiger partial charge in [0.15, 0.2) is 0 Å². The van der Waals surface area contributed by atoms with Gasteiger partial charge >= 0.3 is 0 Å². The molecule has 3 aromatic carbocycles. The molecule has 0 saturated carbocycles. The summed E-state index contributed by atoms with van der Waals surface area (Å²) < 4.78 is 0. The van der Waals surface area contributed by atoms with E-state index >= 15 is 0 Å². The molecule has 3 aliphatic rings. The number of hydrogen-bond acceptors (Lipinski definition) is 4. The Balaban J connectivity index is 1.42. The first-order valence-electron chi connectivity index (χ1n) is 12.2. The Morgan fingerprint density at radius 1 is 0.889 bits per heavy atom. The van der Waals surface area contributed by atoms with Gasteiger partial charge in [-0.05, 0) is 42.5 Å². The summed E-state index contributed by atoms with van der Waals surface area (Å²) in [6.07, 6.45) is 1.10. The van der Waals surface area contributed by atoms with Crippen molar-refractivity contribution in [1.82, 2.24) is 10.2 Å². The van der Waals surface area contributed by atoms with Crippen LogP contribution in [-0.4, -0.2) is 35.2 Å². The number of carbonyl (C=O) groups is 3. The van der Waals surface area contributed by atoms with Gasteiger partial charge in [-0.2, -0.15) is 0 Å². The van der Waals surface area contributed by atoms with E-state index in [9.17, 15) is 14.4 Å². The molecule has 36 heavy (non-hydrogen) atoms. The molecule has 3 amide bonds. The largest absolute Gasteiger partial charge is 0.324 e. The third-order valence-corrected chi connectivity index (χ3v) is 8.35. The Kier molecular flexibility index (Phi) is 5.47. The van der Waals surface area contributed by atoms with Crippen molar-refractivity contribution in [3.05, 3.63) is 100 Å². The molecule has 6 nitrogen and oxygen atoms in total. The first-order chi connectivity index (χ1) is 17.4. The van der Waals surface area contributed by atoms with E-state index in [2.05, 4.69) is 10.6 Å². The number of imide groups is 1. The van der Waals surface area contributed by atoms with Crippen molar-refractivity contribution < 1.29 is 14.4 Å². The third kappa shape index (κ3) is 3.32. The van der Waals surface area contributed by atoms with Gasteiger partial charge in [-0.15, -0.1) is 0 Å². The van der Waals surface area contributed by atoms with Gasteiger partial charge < -0.3 is 5.32 Å². The minimum atomic E-state index is -1.32. The predicted molar refractivity (Wildman–Crippen MR) is 137 cm³/mol. The zero-order chi connectivity index (χ0) is 25.0. The van der Waals surface area contributed by atoms with Gasteiger partial charge in [0.25, 0.3) is 0 Å². The summed E-state index contributed by atoms with van der Waals surface area (Å²) in [5, 5.41) is 7.02. The number of anilines is 1. The number of halogens is 1. The van der Waals surface area contributed by atoms with Crippen molar-refractivity contribution in [2.24, 2.45) is 11.8 Å². The van der Waals surface area contributed by atoms with Crippen molar-refractivity contribution in [1.29, 1.82) is 0 Å².